The lowest BCUT2D eigenvalue weighted by Crippen LogP contribution is -2.58. The summed E-state index contributed by atoms with van der Waals surface area (Å²) in [4.78, 5) is 34.8. The van der Waals surface area contributed by atoms with E-state index in [1.807, 2.05) is 49.4 Å². The van der Waals surface area contributed by atoms with Crippen LogP contribution in [0.3, 0.4) is 0 Å². The Hall–Kier alpha value is -4.84. The van der Waals surface area contributed by atoms with Crippen LogP contribution < -0.4 is 29.2 Å². The molecule has 0 aliphatic carbocycles. The molecular weight excluding hydrogens is 526 g/mol. The highest BCUT2D eigenvalue weighted by Crippen LogP contribution is 2.34. The van der Waals surface area contributed by atoms with Gasteiger partial charge in [0, 0.05) is 56.9 Å². The largest absolute Gasteiger partial charge is 0.454 e. The predicted molar refractivity (Wildman–Crippen MR) is 148 cm³/mol. The summed E-state index contributed by atoms with van der Waals surface area (Å²) < 4.78 is 22.0. The topological polar surface area (TPSA) is 127 Å². The Balaban J connectivity index is 1.12. The highest BCUT2D eigenvalue weighted by molar-refractivity contribution is 5.83. The van der Waals surface area contributed by atoms with Gasteiger partial charge in [0.05, 0.1) is 0 Å². The number of nitrogens with one attached hydrogen (secondary N) is 2. The van der Waals surface area contributed by atoms with E-state index >= 15 is 0 Å². The second kappa shape index (κ2) is 10.6. The zero-order valence-corrected chi connectivity index (χ0v) is 22.5. The molecule has 0 saturated carbocycles. The van der Waals surface area contributed by atoms with Gasteiger partial charge >= 0.3 is 0 Å². The van der Waals surface area contributed by atoms with Gasteiger partial charge in [-0.05, 0) is 42.3 Å². The van der Waals surface area contributed by atoms with E-state index in [4.69, 9.17) is 23.9 Å². The molecule has 0 radical (unpaired) electrons. The van der Waals surface area contributed by atoms with Crippen molar-refractivity contribution in [2.24, 2.45) is 0 Å². The maximum absolute atomic E-state index is 13.8. The molecule has 3 aliphatic heterocycles. The zero-order valence-electron chi connectivity index (χ0n) is 22.5. The SMILES string of the molecule is Cc1cc(N2CCN(Cc3ccc4c(c3)OCO4)C(C(=O)NCc3ccc4c(c3)OCO4)C2)nc(-c2ncc[nH]2)n1. The van der Waals surface area contributed by atoms with Crippen molar-refractivity contribution in [3.8, 4) is 34.6 Å². The average molecular weight is 556 g/mol. The summed E-state index contributed by atoms with van der Waals surface area (Å²) in [7, 11) is 0. The van der Waals surface area contributed by atoms with Crippen molar-refractivity contribution in [3.63, 3.8) is 0 Å². The van der Waals surface area contributed by atoms with Crippen molar-refractivity contribution in [2.75, 3.05) is 38.1 Å². The number of benzene rings is 2. The van der Waals surface area contributed by atoms with E-state index in [1.165, 1.54) is 0 Å². The molecule has 1 unspecified atom stereocenters. The molecular formula is C29H29N7O5. The number of anilines is 1. The average Bonchev–Trinajstić information content (AvgIpc) is 3.77. The number of aryl methyl sites for hydroxylation is 1. The van der Waals surface area contributed by atoms with Gasteiger partial charge in [-0.3, -0.25) is 9.69 Å². The molecule has 12 nitrogen and oxygen atoms in total. The van der Waals surface area contributed by atoms with Gasteiger partial charge in [0.1, 0.15) is 11.9 Å². The lowest BCUT2D eigenvalue weighted by molar-refractivity contribution is -0.127. The Morgan fingerprint density at radius 3 is 2.44 bits per heavy atom. The number of nitrogens with zero attached hydrogens (tertiary/aromatic N) is 5. The van der Waals surface area contributed by atoms with E-state index in [0.29, 0.717) is 55.9 Å². The second-order valence-electron chi connectivity index (χ2n) is 10.2. The normalized spacial score (nSPS) is 17.6. The lowest BCUT2D eigenvalue weighted by atomic mass is 10.1. The van der Waals surface area contributed by atoms with Gasteiger partial charge in [-0.15, -0.1) is 0 Å². The van der Waals surface area contributed by atoms with Gasteiger partial charge in [0.15, 0.2) is 34.6 Å². The lowest BCUT2D eigenvalue weighted by Gasteiger charge is -2.41. The number of hydrogen-bond donors (Lipinski definition) is 2. The number of carbonyl (C=O) groups is 1. The van der Waals surface area contributed by atoms with Gasteiger partial charge in [-0.25, -0.2) is 15.0 Å². The molecule has 5 heterocycles. The van der Waals surface area contributed by atoms with E-state index in [2.05, 4.69) is 30.1 Å². The van der Waals surface area contributed by atoms with Crippen LogP contribution >= 0.6 is 0 Å². The summed E-state index contributed by atoms with van der Waals surface area (Å²) in [5.41, 5.74) is 2.81. The number of hydrogen-bond acceptors (Lipinski definition) is 10. The minimum Gasteiger partial charge on any atom is -0.454 e. The first-order chi connectivity index (χ1) is 20.1. The van der Waals surface area contributed by atoms with Gasteiger partial charge in [0.25, 0.3) is 0 Å². The van der Waals surface area contributed by atoms with E-state index in [-0.39, 0.29) is 19.5 Å². The number of fused-ring (bicyclic) bond motifs is 2. The molecule has 1 saturated heterocycles. The highest BCUT2D eigenvalue weighted by Gasteiger charge is 2.33. The third kappa shape index (κ3) is 5.21. The fraction of sp³-hybridized carbons (Fsp3) is 0.310. The molecule has 210 valence electrons. The van der Waals surface area contributed by atoms with Crippen molar-refractivity contribution in [3.05, 3.63) is 71.7 Å². The van der Waals surface area contributed by atoms with Crippen LogP contribution in [0.5, 0.6) is 23.0 Å². The number of imidazole rings is 1. The first-order valence-electron chi connectivity index (χ1n) is 13.5. The number of H-pyrrole nitrogens is 1. The first-order valence-corrected chi connectivity index (χ1v) is 13.5. The molecule has 4 aromatic rings. The minimum atomic E-state index is -0.425. The Morgan fingerprint density at radius 1 is 0.951 bits per heavy atom. The molecule has 1 atom stereocenters. The van der Waals surface area contributed by atoms with Crippen LogP contribution in [0.25, 0.3) is 11.6 Å². The third-order valence-electron chi connectivity index (χ3n) is 7.39. The summed E-state index contributed by atoms with van der Waals surface area (Å²) in [5, 5.41) is 3.14. The predicted octanol–water partition coefficient (Wildman–Crippen LogP) is 2.64. The first kappa shape index (κ1) is 25.1. The third-order valence-corrected chi connectivity index (χ3v) is 7.39. The monoisotopic (exact) mass is 555 g/mol. The summed E-state index contributed by atoms with van der Waals surface area (Å²) in [6, 6.07) is 13.1. The number of carbonyl (C=O) groups excluding carboxylic acids is 1. The molecule has 2 N–H and O–H groups in total. The van der Waals surface area contributed by atoms with Crippen LogP contribution in [0.2, 0.25) is 0 Å². The minimum absolute atomic E-state index is 0.0647. The van der Waals surface area contributed by atoms with Crippen LogP contribution in [-0.2, 0) is 17.9 Å². The van der Waals surface area contributed by atoms with E-state index in [0.717, 1.165) is 34.1 Å². The van der Waals surface area contributed by atoms with Crippen molar-refractivity contribution in [2.45, 2.75) is 26.1 Å². The van der Waals surface area contributed by atoms with Gasteiger partial charge in [-0.2, -0.15) is 0 Å². The van der Waals surface area contributed by atoms with Crippen molar-refractivity contribution in [1.82, 2.24) is 30.2 Å². The van der Waals surface area contributed by atoms with E-state index < -0.39 is 6.04 Å². The summed E-state index contributed by atoms with van der Waals surface area (Å²) in [6.45, 7) is 5.16. The molecule has 7 rings (SSSR count). The molecule has 1 amide bonds. The zero-order chi connectivity index (χ0) is 27.8. The fourth-order valence-corrected chi connectivity index (χ4v) is 5.31. The molecule has 2 aromatic carbocycles. The molecule has 1 fully saturated rings. The van der Waals surface area contributed by atoms with Crippen molar-refractivity contribution in [1.29, 1.82) is 0 Å². The Bertz CT molecular complexity index is 1580. The number of ether oxygens (including phenoxy) is 4. The molecule has 0 bridgehead atoms. The molecule has 41 heavy (non-hydrogen) atoms. The van der Waals surface area contributed by atoms with Crippen LogP contribution in [0.4, 0.5) is 5.82 Å². The number of aromatic nitrogens is 4. The van der Waals surface area contributed by atoms with Crippen molar-refractivity contribution < 1.29 is 23.7 Å². The van der Waals surface area contributed by atoms with Crippen LogP contribution in [-0.4, -0.2) is 70.0 Å². The maximum Gasteiger partial charge on any atom is 0.239 e. The molecule has 2 aromatic heterocycles. The maximum atomic E-state index is 13.8. The second-order valence-corrected chi connectivity index (χ2v) is 10.2. The molecule has 12 heteroatoms. The van der Waals surface area contributed by atoms with Gasteiger partial charge in [0.2, 0.25) is 19.5 Å². The number of amides is 1. The molecule has 3 aliphatic rings. The van der Waals surface area contributed by atoms with Gasteiger partial charge < -0.3 is 34.1 Å². The Kier molecular flexibility index (Phi) is 6.51. The van der Waals surface area contributed by atoms with Crippen LogP contribution in [0, 0.1) is 6.92 Å². The fourth-order valence-electron chi connectivity index (χ4n) is 5.31. The quantitative estimate of drug-likeness (QED) is 0.351. The molecule has 0 spiro atoms. The van der Waals surface area contributed by atoms with E-state index in [9.17, 15) is 4.79 Å². The summed E-state index contributed by atoms with van der Waals surface area (Å²) in [6.07, 6.45) is 3.42. The summed E-state index contributed by atoms with van der Waals surface area (Å²) in [5.74, 6) is 4.70. The highest BCUT2D eigenvalue weighted by atomic mass is 16.7. The van der Waals surface area contributed by atoms with Gasteiger partial charge in [-0.1, -0.05) is 12.1 Å². The number of rotatable bonds is 7. The Labute approximate surface area is 236 Å². The van der Waals surface area contributed by atoms with Crippen LogP contribution in [0.15, 0.2) is 54.9 Å². The van der Waals surface area contributed by atoms with Crippen LogP contribution in [0.1, 0.15) is 16.8 Å². The Morgan fingerprint density at radius 2 is 1.68 bits per heavy atom. The smallest absolute Gasteiger partial charge is 0.239 e. The number of piperazine rings is 1. The standard InChI is InChI=1S/C29H29N7O5/c1-18-10-26(34-28(33-18)27-30-6-7-31-27)36-9-8-35(14-20-3-5-23-25(12-20)41-17-39-23)21(15-36)29(37)32-13-19-2-4-22-24(11-19)40-16-38-22/h2-7,10-12,21H,8-9,13-17H2,1H3,(H,30,31)(H,32,37). The van der Waals surface area contributed by atoms with E-state index in [1.54, 1.807) is 12.4 Å². The number of aromatic amines is 1. The van der Waals surface area contributed by atoms with Crippen molar-refractivity contribution >= 4 is 11.7 Å². The summed E-state index contributed by atoms with van der Waals surface area (Å²) >= 11 is 0.